The molecule has 0 rings (SSSR count). The quantitative estimate of drug-likeness (QED) is 0.647. The van der Waals surface area contributed by atoms with Crippen LogP contribution in [0.2, 0.25) is 0 Å². The van der Waals surface area contributed by atoms with Crippen molar-refractivity contribution >= 4 is 6.09 Å². The molecule has 0 saturated heterocycles. The molecule has 0 fully saturated rings. The molecule has 0 saturated carbocycles. The van der Waals surface area contributed by atoms with Crippen molar-refractivity contribution in [3.8, 4) is 0 Å². The first-order chi connectivity index (χ1) is 6.40. The van der Waals surface area contributed by atoms with Gasteiger partial charge in [-0.15, -0.1) is 13.2 Å². The Hall–Kier alpha value is -1.25. The molecule has 0 N–H and O–H groups in total. The third-order valence-electron chi connectivity index (χ3n) is 1.24. The van der Waals surface area contributed by atoms with Crippen molar-refractivity contribution in [2.45, 2.75) is 26.4 Å². The van der Waals surface area contributed by atoms with Crippen LogP contribution in [0.15, 0.2) is 25.3 Å². The van der Waals surface area contributed by atoms with Crippen LogP contribution in [0.1, 0.15) is 20.8 Å². The highest BCUT2D eigenvalue weighted by Crippen LogP contribution is 2.10. The summed E-state index contributed by atoms with van der Waals surface area (Å²) in [7, 11) is 0. The summed E-state index contributed by atoms with van der Waals surface area (Å²) in [5.41, 5.74) is -0.481. The molecule has 0 aromatic carbocycles. The molecule has 0 aromatic heterocycles. The first-order valence-electron chi connectivity index (χ1n) is 4.47. The fourth-order valence-corrected chi connectivity index (χ4v) is 0.783. The summed E-state index contributed by atoms with van der Waals surface area (Å²) in [4.78, 5) is 12.9. The summed E-state index contributed by atoms with van der Waals surface area (Å²) < 4.78 is 5.17. The summed E-state index contributed by atoms with van der Waals surface area (Å²) in [5, 5.41) is 0. The molecule has 1 radical (unpaired) electrons. The number of hydrogen-bond acceptors (Lipinski definition) is 2. The van der Waals surface area contributed by atoms with Crippen molar-refractivity contribution in [3.05, 3.63) is 31.9 Å². The number of nitrogens with zero attached hydrogens (tertiary/aromatic N) is 1. The summed E-state index contributed by atoms with van der Waals surface area (Å²) in [6, 6.07) is 0. The summed E-state index contributed by atoms with van der Waals surface area (Å²) in [5.74, 6) is 0. The molecule has 0 aromatic rings. The lowest BCUT2D eigenvalue weighted by Crippen LogP contribution is -2.34. The van der Waals surface area contributed by atoms with Crippen LogP contribution in [0, 0.1) is 6.54 Å². The summed E-state index contributed by atoms with van der Waals surface area (Å²) in [6.07, 6.45) is 2.77. The number of amides is 1. The van der Waals surface area contributed by atoms with E-state index in [0.717, 1.165) is 0 Å². The molecule has 0 unspecified atom stereocenters. The van der Waals surface area contributed by atoms with Gasteiger partial charge >= 0.3 is 6.09 Å². The highest BCUT2D eigenvalue weighted by atomic mass is 16.6. The largest absolute Gasteiger partial charge is 0.444 e. The fourth-order valence-electron chi connectivity index (χ4n) is 0.783. The van der Waals surface area contributed by atoms with Crippen LogP contribution in [-0.4, -0.2) is 23.1 Å². The van der Waals surface area contributed by atoms with Gasteiger partial charge in [0, 0.05) is 6.54 Å². The highest BCUT2D eigenvalue weighted by molar-refractivity contribution is 5.69. The standard InChI is InChI=1S/C11H18NO2/c1-6-8-12(9-7-2)10(13)14-11(3,4)5/h6-8H,1-2,9H2,3-5H3. The highest BCUT2D eigenvalue weighted by Gasteiger charge is 2.20. The van der Waals surface area contributed by atoms with Crippen molar-refractivity contribution in [1.82, 2.24) is 4.90 Å². The van der Waals surface area contributed by atoms with E-state index < -0.39 is 11.7 Å². The lowest BCUT2D eigenvalue weighted by Gasteiger charge is -2.25. The van der Waals surface area contributed by atoms with Crippen LogP contribution in [0.25, 0.3) is 0 Å². The van der Waals surface area contributed by atoms with Crippen molar-refractivity contribution in [2.75, 3.05) is 6.54 Å². The Kier molecular flexibility index (Phi) is 4.99. The van der Waals surface area contributed by atoms with E-state index in [1.807, 2.05) is 20.8 Å². The van der Waals surface area contributed by atoms with E-state index in [1.165, 1.54) is 11.0 Å². The molecule has 79 valence electrons. The lowest BCUT2D eigenvalue weighted by molar-refractivity contribution is 0.0331. The monoisotopic (exact) mass is 196 g/mol. The van der Waals surface area contributed by atoms with Gasteiger partial charge < -0.3 is 4.74 Å². The van der Waals surface area contributed by atoms with Crippen molar-refractivity contribution in [1.29, 1.82) is 0 Å². The molecular weight excluding hydrogens is 178 g/mol. The van der Waals surface area contributed by atoms with Gasteiger partial charge in [-0.1, -0.05) is 12.2 Å². The number of carbonyl (C=O) groups excluding carboxylic acids is 1. The second kappa shape index (κ2) is 5.47. The lowest BCUT2D eigenvalue weighted by atomic mass is 10.2. The zero-order valence-electron chi connectivity index (χ0n) is 9.12. The molecule has 0 heterocycles. The van der Waals surface area contributed by atoms with Gasteiger partial charge in [0.15, 0.2) is 0 Å². The Morgan fingerprint density at radius 3 is 2.36 bits per heavy atom. The Morgan fingerprint density at radius 1 is 1.43 bits per heavy atom. The molecule has 0 spiro atoms. The van der Waals surface area contributed by atoms with E-state index in [2.05, 4.69) is 13.2 Å². The summed E-state index contributed by atoms with van der Waals surface area (Å²) >= 11 is 0. The molecule has 0 aliphatic carbocycles. The number of ether oxygens (including phenoxy) is 1. The number of rotatable bonds is 4. The molecular formula is C11H18NO2. The molecule has 1 amide bonds. The Labute approximate surface area is 86.0 Å². The van der Waals surface area contributed by atoms with E-state index >= 15 is 0 Å². The van der Waals surface area contributed by atoms with Crippen molar-refractivity contribution in [3.63, 3.8) is 0 Å². The molecule has 14 heavy (non-hydrogen) atoms. The third-order valence-corrected chi connectivity index (χ3v) is 1.24. The zero-order chi connectivity index (χ0) is 11.2. The van der Waals surface area contributed by atoms with Gasteiger partial charge in [-0.2, -0.15) is 0 Å². The fraction of sp³-hybridized carbons (Fsp3) is 0.455. The van der Waals surface area contributed by atoms with Crippen molar-refractivity contribution < 1.29 is 9.53 Å². The molecule has 0 aliphatic heterocycles. The van der Waals surface area contributed by atoms with Gasteiger partial charge in [-0.3, -0.25) is 4.90 Å². The topological polar surface area (TPSA) is 29.5 Å². The molecule has 0 aliphatic rings. The normalized spacial score (nSPS) is 10.5. The Morgan fingerprint density at radius 2 is 2.00 bits per heavy atom. The smallest absolute Gasteiger partial charge is 0.411 e. The van der Waals surface area contributed by atoms with Crippen LogP contribution in [0.5, 0.6) is 0 Å². The van der Waals surface area contributed by atoms with Crippen LogP contribution in [-0.2, 0) is 4.74 Å². The minimum Gasteiger partial charge on any atom is -0.444 e. The van der Waals surface area contributed by atoms with Crippen molar-refractivity contribution in [2.24, 2.45) is 0 Å². The van der Waals surface area contributed by atoms with Gasteiger partial charge in [-0.25, -0.2) is 4.79 Å². The van der Waals surface area contributed by atoms with E-state index in [0.29, 0.717) is 6.54 Å². The van der Waals surface area contributed by atoms with E-state index in [4.69, 9.17) is 4.74 Å². The van der Waals surface area contributed by atoms with E-state index in [1.54, 1.807) is 12.6 Å². The maximum atomic E-state index is 11.5. The van der Waals surface area contributed by atoms with Gasteiger partial charge in [0.05, 0.1) is 6.54 Å². The predicted octanol–water partition coefficient (Wildman–Crippen LogP) is 2.76. The minimum atomic E-state index is -0.481. The number of hydrogen-bond donors (Lipinski definition) is 0. The molecule has 0 bridgehead atoms. The summed E-state index contributed by atoms with van der Waals surface area (Å²) in [6.45, 7) is 14.5. The molecule has 3 heteroatoms. The zero-order valence-corrected chi connectivity index (χ0v) is 9.12. The van der Waals surface area contributed by atoms with Crippen LogP contribution >= 0.6 is 0 Å². The maximum Gasteiger partial charge on any atom is 0.411 e. The van der Waals surface area contributed by atoms with Crippen LogP contribution in [0.3, 0.4) is 0 Å². The average molecular weight is 196 g/mol. The third kappa shape index (κ3) is 5.41. The first-order valence-corrected chi connectivity index (χ1v) is 4.47. The molecule has 0 atom stereocenters. The van der Waals surface area contributed by atoms with Gasteiger partial charge in [0.25, 0.3) is 0 Å². The molecule has 3 nitrogen and oxygen atoms in total. The number of carbonyl (C=O) groups is 1. The maximum absolute atomic E-state index is 11.5. The average Bonchev–Trinajstić information content (AvgIpc) is 2.01. The van der Waals surface area contributed by atoms with E-state index in [9.17, 15) is 4.79 Å². The predicted molar refractivity (Wildman–Crippen MR) is 57.6 cm³/mol. The van der Waals surface area contributed by atoms with Crippen LogP contribution in [0.4, 0.5) is 4.79 Å². The van der Waals surface area contributed by atoms with Gasteiger partial charge in [-0.05, 0) is 20.8 Å². The van der Waals surface area contributed by atoms with E-state index in [-0.39, 0.29) is 0 Å². The van der Waals surface area contributed by atoms with Crippen LogP contribution < -0.4 is 0 Å². The minimum absolute atomic E-state index is 0.391. The van der Waals surface area contributed by atoms with Gasteiger partial charge in [0.1, 0.15) is 5.60 Å². The second-order valence-corrected chi connectivity index (χ2v) is 3.81. The second-order valence-electron chi connectivity index (χ2n) is 3.81. The Bertz CT molecular complexity index is 206. The first kappa shape index (κ1) is 12.8. The Balaban J connectivity index is 4.28. The van der Waals surface area contributed by atoms with Gasteiger partial charge in [0.2, 0.25) is 0 Å². The SMILES string of the molecule is C=C[CH]N(CC=C)C(=O)OC(C)(C)C.